The Balaban J connectivity index is 2.69. The van der Waals surface area contributed by atoms with Crippen LogP contribution in [0, 0.1) is 5.92 Å². The smallest absolute Gasteiger partial charge is 0.328 e. The number of benzene rings is 1. The molecule has 0 fully saturated rings. The molecule has 5 heteroatoms. The average Bonchev–Trinajstić information content (AvgIpc) is 2.31. The first kappa shape index (κ1) is 15.5. The van der Waals surface area contributed by atoms with Crippen LogP contribution in [0.5, 0.6) is 0 Å². The van der Waals surface area contributed by atoms with E-state index in [1.165, 1.54) is 13.8 Å². The van der Waals surface area contributed by atoms with Gasteiger partial charge in [-0.05, 0) is 31.9 Å². The second-order valence-corrected chi connectivity index (χ2v) is 5.52. The van der Waals surface area contributed by atoms with Gasteiger partial charge in [0.15, 0.2) is 0 Å². The maximum atomic E-state index is 12.0. The lowest BCUT2D eigenvalue weighted by molar-refractivity contribution is -0.146. The summed E-state index contributed by atoms with van der Waals surface area (Å²) < 4.78 is 0. The predicted octanol–water partition coefficient (Wildman–Crippen LogP) is 2.50. The molecule has 2 N–H and O–H groups in total. The van der Waals surface area contributed by atoms with Crippen LogP contribution >= 0.6 is 11.6 Å². The van der Waals surface area contributed by atoms with E-state index in [1.54, 1.807) is 13.0 Å². The largest absolute Gasteiger partial charge is 0.480 e. The molecule has 19 heavy (non-hydrogen) atoms. The minimum Gasteiger partial charge on any atom is -0.480 e. The summed E-state index contributed by atoms with van der Waals surface area (Å²) in [7, 11) is 0. The van der Waals surface area contributed by atoms with E-state index in [4.69, 9.17) is 16.7 Å². The minimum absolute atomic E-state index is 0.299. The van der Waals surface area contributed by atoms with E-state index in [9.17, 15) is 9.59 Å². The average molecular weight is 284 g/mol. The molecule has 1 amide bonds. The molecule has 1 aromatic carbocycles. The van der Waals surface area contributed by atoms with Crippen molar-refractivity contribution in [2.45, 2.75) is 32.7 Å². The van der Waals surface area contributed by atoms with Crippen LogP contribution in [0.15, 0.2) is 24.3 Å². The van der Waals surface area contributed by atoms with Crippen molar-refractivity contribution in [3.8, 4) is 0 Å². The monoisotopic (exact) mass is 283 g/mol. The summed E-state index contributed by atoms with van der Waals surface area (Å²) in [5.74, 6) is -1.71. The molecule has 1 atom stereocenters. The third-order valence-electron chi connectivity index (χ3n) is 2.90. The molecule has 0 bridgehead atoms. The van der Waals surface area contributed by atoms with Crippen LogP contribution < -0.4 is 5.32 Å². The molecule has 4 nitrogen and oxygen atoms in total. The summed E-state index contributed by atoms with van der Waals surface area (Å²) in [6.45, 7) is 4.65. The zero-order valence-corrected chi connectivity index (χ0v) is 12.0. The Morgan fingerprint density at radius 3 is 2.47 bits per heavy atom. The van der Waals surface area contributed by atoms with Crippen LogP contribution in [-0.2, 0) is 16.0 Å². The van der Waals surface area contributed by atoms with Crippen molar-refractivity contribution in [3.05, 3.63) is 34.9 Å². The van der Waals surface area contributed by atoms with E-state index in [1.807, 2.05) is 18.2 Å². The Kier molecular flexibility index (Phi) is 4.95. The fourth-order valence-corrected chi connectivity index (χ4v) is 1.78. The standard InChI is InChI=1S/C14H18ClNO3/c1-9(8-10-6-4-5-7-11(10)15)12(17)16-14(2,3)13(18)19/h4-7,9H,8H2,1-3H3,(H,16,17)(H,18,19). The molecular formula is C14H18ClNO3. The highest BCUT2D eigenvalue weighted by molar-refractivity contribution is 6.31. The van der Waals surface area contributed by atoms with Crippen LogP contribution in [0.25, 0.3) is 0 Å². The second kappa shape index (κ2) is 6.06. The zero-order chi connectivity index (χ0) is 14.6. The van der Waals surface area contributed by atoms with Gasteiger partial charge in [0.1, 0.15) is 5.54 Å². The lowest BCUT2D eigenvalue weighted by Gasteiger charge is -2.23. The molecular weight excluding hydrogens is 266 g/mol. The van der Waals surface area contributed by atoms with Crippen molar-refractivity contribution < 1.29 is 14.7 Å². The number of carboxylic acids is 1. The van der Waals surface area contributed by atoms with E-state index in [0.717, 1.165) is 5.56 Å². The third-order valence-corrected chi connectivity index (χ3v) is 3.27. The van der Waals surface area contributed by atoms with Gasteiger partial charge in [0.05, 0.1) is 0 Å². The molecule has 0 aliphatic heterocycles. The van der Waals surface area contributed by atoms with Gasteiger partial charge in [-0.3, -0.25) is 4.79 Å². The van der Waals surface area contributed by atoms with Crippen molar-refractivity contribution in [1.29, 1.82) is 0 Å². The quantitative estimate of drug-likeness (QED) is 0.872. The van der Waals surface area contributed by atoms with E-state index in [0.29, 0.717) is 11.4 Å². The van der Waals surface area contributed by atoms with E-state index in [-0.39, 0.29) is 11.8 Å². The fourth-order valence-electron chi connectivity index (χ4n) is 1.57. The third kappa shape index (κ3) is 4.24. The van der Waals surface area contributed by atoms with Gasteiger partial charge in [-0.25, -0.2) is 4.79 Å². The van der Waals surface area contributed by atoms with Gasteiger partial charge in [0.25, 0.3) is 0 Å². The molecule has 1 unspecified atom stereocenters. The number of carboxylic acid groups (broad SMARTS) is 1. The SMILES string of the molecule is CC(Cc1ccccc1Cl)C(=O)NC(C)(C)C(=O)O. The van der Waals surface area contributed by atoms with Crippen molar-refractivity contribution >= 4 is 23.5 Å². The van der Waals surface area contributed by atoms with Crippen molar-refractivity contribution in [2.75, 3.05) is 0 Å². The van der Waals surface area contributed by atoms with Crippen molar-refractivity contribution in [2.24, 2.45) is 5.92 Å². The molecule has 0 heterocycles. The van der Waals surface area contributed by atoms with Gasteiger partial charge in [-0.1, -0.05) is 36.7 Å². The number of hydrogen-bond donors (Lipinski definition) is 2. The molecule has 0 aliphatic carbocycles. The van der Waals surface area contributed by atoms with Crippen LogP contribution in [0.2, 0.25) is 5.02 Å². The number of amides is 1. The summed E-state index contributed by atoms with van der Waals surface area (Å²) in [5, 5.41) is 12.1. The number of rotatable bonds is 5. The van der Waals surface area contributed by atoms with Crippen LogP contribution in [0.3, 0.4) is 0 Å². The number of hydrogen-bond acceptors (Lipinski definition) is 2. The first-order valence-electron chi connectivity index (χ1n) is 6.03. The summed E-state index contributed by atoms with van der Waals surface area (Å²) >= 11 is 6.03. The van der Waals surface area contributed by atoms with Gasteiger partial charge in [0, 0.05) is 10.9 Å². The predicted molar refractivity (Wildman–Crippen MR) is 74.2 cm³/mol. The normalized spacial score (nSPS) is 12.8. The number of nitrogens with one attached hydrogen (secondary N) is 1. The van der Waals surface area contributed by atoms with E-state index >= 15 is 0 Å². The molecule has 0 aliphatic rings. The van der Waals surface area contributed by atoms with Gasteiger partial charge in [-0.15, -0.1) is 0 Å². The molecule has 0 spiro atoms. The first-order valence-corrected chi connectivity index (χ1v) is 6.40. The lowest BCUT2D eigenvalue weighted by Crippen LogP contribution is -2.51. The fraction of sp³-hybridized carbons (Fsp3) is 0.429. The first-order chi connectivity index (χ1) is 8.74. The van der Waals surface area contributed by atoms with Crippen molar-refractivity contribution in [3.63, 3.8) is 0 Å². The van der Waals surface area contributed by atoms with Gasteiger partial charge >= 0.3 is 5.97 Å². The Hall–Kier alpha value is -1.55. The van der Waals surface area contributed by atoms with E-state index < -0.39 is 11.5 Å². The van der Waals surface area contributed by atoms with Crippen LogP contribution in [0.4, 0.5) is 0 Å². The highest BCUT2D eigenvalue weighted by atomic mass is 35.5. The summed E-state index contributed by atoms with van der Waals surface area (Å²) in [6, 6.07) is 7.30. The number of carbonyl (C=O) groups excluding carboxylic acids is 1. The van der Waals surface area contributed by atoms with Crippen LogP contribution in [0.1, 0.15) is 26.3 Å². The van der Waals surface area contributed by atoms with Crippen LogP contribution in [-0.4, -0.2) is 22.5 Å². The molecule has 0 saturated carbocycles. The maximum absolute atomic E-state index is 12.0. The molecule has 0 saturated heterocycles. The number of carbonyl (C=O) groups is 2. The zero-order valence-electron chi connectivity index (χ0n) is 11.2. The molecule has 104 valence electrons. The van der Waals surface area contributed by atoms with E-state index in [2.05, 4.69) is 5.32 Å². The topological polar surface area (TPSA) is 66.4 Å². The molecule has 0 radical (unpaired) electrons. The summed E-state index contributed by atoms with van der Waals surface area (Å²) in [5.41, 5.74) is -0.397. The number of halogens is 1. The summed E-state index contributed by atoms with van der Waals surface area (Å²) in [4.78, 5) is 22.9. The second-order valence-electron chi connectivity index (χ2n) is 5.12. The molecule has 1 rings (SSSR count). The maximum Gasteiger partial charge on any atom is 0.328 e. The Morgan fingerprint density at radius 1 is 1.37 bits per heavy atom. The highest BCUT2D eigenvalue weighted by Gasteiger charge is 2.30. The van der Waals surface area contributed by atoms with Gasteiger partial charge < -0.3 is 10.4 Å². The summed E-state index contributed by atoms with van der Waals surface area (Å²) in [6.07, 6.45) is 0.473. The Morgan fingerprint density at radius 2 is 1.95 bits per heavy atom. The molecule has 0 aromatic heterocycles. The number of aliphatic carboxylic acids is 1. The highest BCUT2D eigenvalue weighted by Crippen LogP contribution is 2.19. The molecule has 1 aromatic rings. The van der Waals surface area contributed by atoms with Crippen molar-refractivity contribution in [1.82, 2.24) is 5.32 Å². The lowest BCUT2D eigenvalue weighted by atomic mass is 9.98. The van der Waals surface area contributed by atoms with Gasteiger partial charge in [-0.2, -0.15) is 0 Å². The Bertz CT molecular complexity index is 485. The Labute approximate surface area is 117 Å². The van der Waals surface area contributed by atoms with Gasteiger partial charge in [0.2, 0.25) is 5.91 Å². The minimum atomic E-state index is -1.27.